The minimum atomic E-state index is -3.77. The molecule has 4 rings (SSSR count). The lowest BCUT2D eigenvalue weighted by atomic mass is 9.86. The van der Waals surface area contributed by atoms with E-state index in [1.165, 1.54) is 22.9 Å². The monoisotopic (exact) mass is 510 g/mol. The molecule has 184 valence electrons. The number of carbonyl (C=O) groups is 1. The Morgan fingerprint density at radius 2 is 1.49 bits per heavy atom. The Bertz CT molecular complexity index is 1230. The third-order valence-electron chi connectivity index (χ3n) is 6.66. The van der Waals surface area contributed by atoms with Crippen LogP contribution in [0.15, 0.2) is 83.8 Å². The maximum Gasteiger partial charge on any atom is 0.251 e. The van der Waals surface area contributed by atoms with E-state index in [1.807, 2.05) is 42.5 Å². The Morgan fingerprint density at radius 1 is 0.886 bits per heavy atom. The van der Waals surface area contributed by atoms with Crippen LogP contribution in [0.25, 0.3) is 0 Å². The number of halogens is 1. The van der Waals surface area contributed by atoms with E-state index in [1.54, 1.807) is 24.3 Å². The van der Waals surface area contributed by atoms with Gasteiger partial charge in [0, 0.05) is 29.7 Å². The molecule has 0 bridgehead atoms. The summed E-state index contributed by atoms with van der Waals surface area (Å²) in [5, 5.41) is 3.65. The van der Waals surface area contributed by atoms with Crippen molar-refractivity contribution in [2.75, 3.05) is 0 Å². The largest absolute Gasteiger partial charge is 0.349 e. The summed E-state index contributed by atoms with van der Waals surface area (Å²) in [6.07, 6.45) is 4.53. The number of nitrogens with zero attached hydrogens (tertiary/aromatic N) is 1. The fourth-order valence-corrected chi connectivity index (χ4v) is 6.06. The quantitative estimate of drug-likeness (QED) is 0.401. The van der Waals surface area contributed by atoms with Gasteiger partial charge in [0.15, 0.2) is 0 Å². The van der Waals surface area contributed by atoms with Crippen molar-refractivity contribution in [3.05, 3.63) is 101 Å². The van der Waals surface area contributed by atoms with Gasteiger partial charge < -0.3 is 5.32 Å². The molecular formula is C28H31ClN2O3S. The van der Waals surface area contributed by atoms with E-state index >= 15 is 0 Å². The molecule has 1 amide bonds. The molecule has 0 aromatic heterocycles. The van der Waals surface area contributed by atoms with Gasteiger partial charge in [0.05, 0.1) is 4.90 Å². The molecule has 1 N–H and O–H groups in total. The number of benzene rings is 3. The van der Waals surface area contributed by atoms with Crippen LogP contribution in [-0.4, -0.2) is 24.7 Å². The first-order chi connectivity index (χ1) is 16.8. The number of amides is 1. The smallest absolute Gasteiger partial charge is 0.251 e. The van der Waals surface area contributed by atoms with Crippen molar-refractivity contribution >= 4 is 27.5 Å². The minimum Gasteiger partial charge on any atom is -0.349 e. The Hall–Kier alpha value is -2.67. The standard InChI is InChI=1S/C28H31ClN2O3S/c1-21-7-5-6-10-27(21)30-28(32)24-13-11-23(12-14-24)20-31(19-22-8-3-2-4-9-22)35(33,34)26-17-15-25(29)16-18-26/h2-4,8-9,11-18,21,27H,5-7,10,19-20H2,1H3,(H,30,32)/t21-,27-/m0/s1. The minimum absolute atomic E-state index is 0.0785. The number of sulfonamides is 1. The van der Waals surface area contributed by atoms with Crippen LogP contribution in [0.1, 0.15) is 54.1 Å². The average molecular weight is 511 g/mol. The highest BCUT2D eigenvalue weighted by atomic mass is 35.5. The highest BCUT2D eigenvalue weighted by Crippen LogP contribution is 2.25. The first-order valence-corrected chi connectivity index (χ1v) is 13.8. The van der Waals surface area contributed by atoms with E-state index in [9.17, 15) is 13.2 Å². The fraction of sp³-hybridized carbons (Fsp3) is 0.321. The molecule has 0 radical (unpaired) electrons. The molecule has 35 heavy (non-hydrogen) atoms. The van der Waals surface area contributed by atoms with Crippen LogP contribution in [0.5, 0.6) is 0 Å². The Morgan fingerprint density at radius 3 is 2.11 bits per heavy atom. The maximum atomic E-state index is 13.5. The molecule has 1 aliphatic carbocycles. The van der Waals surface area contributed by atoms with Gasteiger partial charge in [0.2, 0.25) is 10.0 Å². The van der Waals surface area contributed by atoms with Gasteiger partial charge in [-0.2, -0.15) is 4.31 Å². The second-order valence-electron chi connectivity index (χ2n) is 9.25. The SMILES string of the molecule is C[C@H]1CCCC[C@@H]1NC(=O)c1ccc(CN(Cc2ccccc2)S(=O)(=O)c2ccc(Cl)cc2)cc1. The van der Waals surface area contributed by atoms with Crippen molar-refractivity contribution in [3.63, 3.8) is 0 Å². The van der Waals surface area contributed by atoms with E-state index in [4.69, 9.17) is 11.6 Å². The fourth-order valence-electron chi connectivity index (χ4n) is 4.52. The molecule has 0 heterocycles. The van der Waals surface area contributed by atoms with Crippen LogP contribution < -0.4 is 5.32 Å². The third kappa shape index (κ3) is 6.51. The zero-order valence-corrected chi connectivity index (χ0v) is 21.4. The van der Waals surface area contributed by atoms with E-state index in [-0.39, 0.29) is 29.9 Å². The summed E-state index contributed by atoms with van der Waals surface area (Å²) in [5.74, 6) is 0.404. The molecule has 2 atom stereocenters. The van der Waals surface area contributed by atoms with Gasteiger partial charge >= 0.3 is 0 Å². The predicted molar refractivity (Wildman–Crippen MR) is 140 cm³/mol. The lowest BCUT2D eigenvalue weighted by molar-refractivity contribution is 0.0910. The highest BCUT2D eigenvalue weighted by molar-refractivity contribution is 7.89. The predicted octanol–water partition coefficient (Wildman–Crippen LogP) is 6.04. The van der Waals surface area contributed by atoms with Gasteiger partial charge in [-0.3, -0.25) is 4.79 Å². The average Bonchev–Trinajstić information content (AvgIpc) is 2.86. The lowest BCUT2D eigenvalue weighted by Crippen LogP contribution is -2.41. The lowest BCUT2D eigenvalue weighted by Gasteiger charge is -2.29. The third-order valence-corrected chi connectivity index (χ3v) is 8.71. The molecule has 1 saturated carbocycles. The molecule has 7 heteroatoms. The van der Waals surface area contributed by atoms with Crippen LogP contribution in [0, 0.1) is 5.92 Å². The first kappa shape index (κ1) is 25.4. The molecule has 0 spiro atoms. The molecule has 0 aliphatic heterocycles. The summed E-state index contributed by atoms with van der Waals surface area (Å²) in [4.78, 5) is 13.0. The van der Waals surface area contributed by atoms with Crippen LogP contribution >= 0.6 is 11.6 Å². The van der Waals surface area contributed by atoms with E-state index in [0.717, 1.165) is 30.4 Å². The van der Waals surface area contributed by atoms with Crippen molar-refractivity contribution in [1.82, 2.24) is 9.62 Å². The zero-order chi connectivity index (χ0) is 24.8. The van der Waals surface area contributed by atoms with Crippen molar-refractivity contribution in [2.45, 2.75) is 56.6 Å². The van der Waals surface area contributed by atoms with Crippen LogP contribution in [-0.2, 0) is 23.1 Å². The van der Waals surface area contributed by atoms with Crippen molar-refractivity contribution in [3.8, 4) is 0 Å². The molecule has 5 nitrogen and oxygen atoms in total. The van der Waals surface area contributed by atoms with Gasteiger partial charge in [-0.15, -0.1) is 0 Å². The van der Waals surface area contributed by atoms with Gasteiger partial charge in [-0.1, -0.05) is 73.8 Å². The van der Waals surface area contributed by atoms with Gasteiger partial charge in [0.1, 0.15) is 0 Å². The summed E-state index contributed by atoms with van der Waals surface area (Å²) in [6.45, 7) is 2.60. The summed E-state index contributed by atoms with van der Waals surface area (Å²) in [7, 11) is -3.77. The van der Waals surface area contributed by atoms with Gasteiger partial charge in [-0.05, 0) is 66.3 Å². The van der Waals surface area contributed by atoms with Gasteiger partial charge in [0.25, 0.3) is 5.91 Å². The molecule has 1 aliphatic rings. The van der Waals surface area contributed by atoms with E-state index in [2.05, 4.69) is 12.2 Å². The number of nitrogens with one attached hydrogen (secondary N) is 1. The van der Waals surface area contributed by atoms with Crippen LogP contribution in [0.4, 0.5) is 0 Å². The number of carbonyl (C=O) groups excluding carboxylic acids is 1. The normalized spacial score (nSPS) is 18.4. The summed E-state index contributed by atoms with van der Waals surface area (Å²) in [5.41, 5.74) is 2.28. The van der Waals surface area contributed by atoms with Crippen LogP contribution in [0.2, 0.25) is 5.02 Å². The summed E-state index contributed by atoms with van der Waals surface area (Å²) >= 11 is 5.97. The summed E-state index contributed by atoms with van der Waals surface area (Å²) in [6, 6.07) is 23.1. The Kier molecular flexibility index (Phi) is 8.26. The molecule has 0 saturated heterocycles. The second-order valence-corrected chi connectivity index (χ2v) is 11.6. The van der Waals surface area contributed by atoms with Crippen molar-refractivity contribution in [1.29, 1.82) is 0 Å². The summed E-state index contributed by atoms with van der Waals surface area (Å²) < 4.78 is 28.4. The molecule has 3 aromatic carbocycles. The maximum absolute atomic E-state index is 13.5. The topological polar surface area (TPSA) is 66.5 Å². The van der Waals surface area contributed by atoms with Crippen LogP contribution in [0.3, 0.4) is 0 Å². The van der Waals surface area contributed by atoms with Crippen molar-refractivity contribution < 1.29 is 13.2 Å². The molecule has 0 unspecified atom stereocenters. The highest BCUT2D eigenvalue weighted by Gasteiger charge is 2.26. The number of rotatable bonds is 8. The molecular weight excluding hydrogens is 480 g/mol. The van der Waals surface area contributed by atoms with Crippen molar-refractivity contribution in [2.24, 2.45) is 5.92 Å². The first-order valence-electron chi connectivity index (χ1n) is 12.0. The molecule has 3 aromatic rings. The Balaban J connectivity index is 1.52. The number of hydrogen-bond acceptors (Lipinski definition) is 3. The van der Waals surface area contributed by atoms with E-state index < -0.39 is 10.0 Å². The molecule has 1 fully saturated rings. The second kappa shape index (κ2) is 11.4. The van der Waals surface area contributed by atoms with E-state index in [0.29, 0.717) is 16.5 Å². The zero-order valence-electron chi connectivity index (χ0n) is 19.9. The van der Waals surface area contributed by atoms with Gasteiger partial charge in [-0.25, -0.2) is 8.42 Å². The Labute approximate surface area is 213 Å². The number of hydrogen-bond donors (Lipinski definition) is 1.